The van der Waals surface area contributed by atoms with Crippen molar-refractivity contribution in [3.63, 3.8) is 0 Å². The van der Waals surface area contributed by atoms with E-state index >= 15 is 0 Å². The van der Waals surface area contributed by atoms with Crippen molar-refractivity contribution in [2.45, 2.75) is 32.7 Å². The van der Waals surface area contributed by atoms with Gasteiger partial charge in [-0.25, -0.2) is 5.43 Å². The van der Waals surface area contributed by atoms with Gasteiger partial charge >= 0.3 is 0 Å². The number of carbonyl (C=O) groups is 2. The van der Waals surface area contributed by atoms with Crippen molar-refractivity contribution >= 4 is 34.5 Å². The molecule has 0 saturated heterocycles. The Kier molecular flexibility index (Phi) is 5.69. The first-order valence-corrected chi connectivity index (χ1v) is 11.7. The van der Waals surface area contributed by atoms with Gasteiger partial charge in [-0.15, -0.1) is 0 Å². The van der Waals surface area contributed by atoms with Gasteiger partial charge in [0.05, 0.1) is 18.4 Å². The monoisotopic (exact) mass is 461 g/mol. The van der Waals surface area contributed by atoms with E-state index in [0.717, 1.165) is 33.2 Å². The average molecular weight is 462 g/mol. The van der Waals surface area contributed by atoms with Crippen molar-refractivity contribution in [3.8, 4) is 0 Å². The number of hydrogen-bond acceptors (Lipinski definition) is 3. The Hall–Kier alpha value is -4.25. The highest BCUT2D eigenvalue weighted by atomic mass is 16.2. The summed E-state index contributed by atoms with van der Waals surface area (Å²) in [5.41, 5.74) is 7.95. The topological polar surface area (TPSA) is 61.8 Å². The van der Waals surface area contributed by atoms with Gasteiger partial charge in [-0.05, 0) is 51.8 Å². The lowest BCUT2D eigenvalue weighted by Gasteiger charge is -2.18. The summed E-state index contributed by atoms with van der Waals surface area (Å²) in [6, 6.07) is 27.2. The maximum absolute atomic E-state index is 13.0. The number of benzene rings is 4. The van der Waals surface area contributed by atoms with Crippen LogP contribution in [-0.2, 0) is 12.0 Å². The molecular weight excluding hydrogens is 434 g/mol. The first-order chi connectivity index (χ1) is 16.8. The highest BCUT2D eigenvalue weighted by Gasteiger charge is 2.29. The molecule has 4 aromatic rings. The average Bonchev–Trinajstić information content (AvgIpc) is 3.12. The second-order valence-corrected chi connectivity index (χ2v) is 9.84. The standard InChI is InChI=1S/C30H27N3O2/c1-30(2,3)24-16-12-20(13-17-24)18-31-32-28(34)23-14-10-21(11-15-23)19-33-26-9-5-7-22-6-4-8-25(27(22)26)29(33)35/h4-18H,19H2,1-3H3,(H,32,34)/b31-18-. The van der Waals surface area contributed by atoms with Crippen LogP contribution in [0.3, 0.4) is 0 Å². The minimum atomic E-state index is -0.284. The van der Waals surface area contributed by atoms with Crippen LogP contribution in [-0.4, -0.2) is 18.0 Å². The van der Waals surface area contributed by atoms with Crippen molar-refractivity contribution in [2.75, 3.05) is 4.90 Å². The number of carbonyl (C=O) groups excluding carboxylic acids is 2. The summed E-state index contributed by atoms with van der Waals surface area (Å²) in [5.74, 6) is -0.281. The van der Waals surface area contributed by atoms with Crippen LogP contribution in [0.2, 0.25) is 0 Å². The van der Waals surface area contributed by atoms with Crippen molar-refractivity contribution in [1.29, 1.82) is 0 Å². The second kappa shape index (κ2) is 8.84. The minimum absolute atomic E-state index is 0.00323. The number of amides is 2. The summed E-state index contributed by atoms with van der Waals surface area (Å²) >= 11 is 0. The van der Waals surface area contributed by atoms with Gasteiger partial charge in [0.1, 0.15) is 0 Å². The maximum atomic E-state index is 13.0. The lowest BCUT2D eigenvalue weighted by atomic mass is 9.87. The van der Waals surface area contributed by atoms with E-state index in [4.69, 9.17) is 0 Å². The molecular formula is C30H27N3O2. The van der Waals surface area contributed by atoms with E-state index in [0.29, 0.717) is 12.1 Å². The highest BCUT2D eigenvalue weighted by molar-refractivity contribution is 6.24. The third-order valence-electron chi connectivity index (χ3n) is 6.36. The van der Waals surface area contributed by atoms with Crippen LogP contribution >= 0.6 is 0 Å². The van der Waals surface area contributed by atoms with E-state index < -0.39 is 0 Å². The molecule has 0 fully saturated rings. The van der Waals surface area contributed by atoms with Crippen LogP contribution in [0.25, 0.3) is 10.8 Å². The van der Waals surface area contributed by atoms with Crippen molar-refractivity contribution in [3.05, 3.63) is 113 Å². The van der Waals surface area contributed by atoms with Crippen LogP contribution in [0.4, 0.5) is 5.69 Å². The SMILES string of the molecule is CC(C)(C)c1ccc(/C=N\NC(=O)c2ccc(CN3C(=O)c4cccc5cccc3c45)cc2)cc1. The van der Waals surface area contributed by atoms with Gasteiger partial charge in [-0.3, -0.25) is 9.59 Å². The van der Waals surface area contributed by atoms with Crippen molar-refractivity contribution < 1.29 is 9.59 Å². The summed E-state index contributed by atoms with van der Waals surface area (Å²) < 4.78 is 0. The number of nitrogens with zero attached hydrogens (tertiary/aromatic N) is 2. The molecule has 1 aliphatic heterocycles. The van der Waals surface area contributed by atoms with E-state index in [2.05, 4.69) is 43.4 Å². The third-order valence-corrected chi connectivity index (χ3v) is 6.36. The summed E-state index contributed by atoms with van der Waals surface area (Å²) in [6.07, 6.45) is 1.63. The van der Waals surface area contributed by atoms with Gasteiger partial charge in [-0.1, -0.05) is 81.4 Å². The minimum Gasteiger partial charge on any atom is -0.303 e. The van der Waals surface area contributed by atoms with Crippen LogP contribution < -0.4 is 10.3 Å². The number of rotatable bonds is 5. The Morgan fingerprint density at radius 1 is 0.914 bits per heavy atom. The first-order valence-electron chi connectivity index (χ1n) is 11.7. The van der Waals surface area contributed by atoms with Gasteiger partial charge in [0.25, 0.3) is 11.8 Å². The molecule has 1 aliphatic rings. The maximum Gasteiger partial charge on any atom is 0.271 e. The molecule has 1 N–H and O–H groups in total. The van der Waals surface area contributed by atoms with Crippen LogP contribution in [0, 0.1) is 0 Å². The molecule has 0 radical (unpaired) electrons. The molecule has 2 amide bonds. The smallest absolute Gasteiger partial charge is 0.271 e. The van der Waals surface area contributed by atoms with Crippen LogP contribution in [0.5, 0.6) is 0 Å². The fourth-order valence-corrected chi connectivity index (χ4v) is 4.38. The Bertz CT molecular complexity index is 1440. The fourth-order valence-electron chi connectivity index (χ4n) is 4.38. The summed E-state index contributed by atoms with van der Waals surface area (Å²) in [4.78, 5) is 27.3. The lowest BCUT2D eigenvalue weighted by Crippen LogP contribution is -2.26. The zero-order valence-electron chi connectivity index (χ0n) is 20.1. The van der Waals surface area contributed by atoms with E-state index in [1.807, 2.05) is 60.7 Å². The highest BCUT2D eigenvalue weighted by Crippen LogP contribution is 2.38. The van der Waals surface area contributed by atoms with Gasteiger partial charge in [0.15, 0.2) is 0 Å². The van der Waals surface area contributed by atoms with Gasteiger partial charge in [0.2, 0.25) is 0 Å². The Morgan fingerprint density at radius 2 is 1.60 bits per heavy atom. The fraction of sp³-hybridized carbons (Fsp3) is 0.167. The Labute approximate surface area is 205 Å². The summed E-state index contributed by atoms with van der Waals surface area (Å²) in [7, 11) is 0. The van der Waals surface area contributed by atoms with Gasteiger partial charge in [0, 0.05) is 16.5 Å². The van der Waals surface area contributed by atoms with Crippen LogP contribution in [0.1, 0.15) is 58.2 Å². The molecule has 0 atom stereocenters. The molecule has 0 saturated carbocycles. The lowest BCUT2D eigenvalue weighted by molar-refractivity contribution is 0.0953. The quantitative estimate of drug-likeness (QED) is 0.290. The Balaban J connectivity index is 1.23. The third kappa shape index (κ3) is 4.45. The van der Waals surface area contributed by atoms with Crippen LogP contribution in [0.15, 0.2) is 90.0 Å². The molecule has 174 valence electrons. The van der Waals surface area contributed by atoms with Gasteiger partial charge in [-0.2, -0.15) is 5.10 Å². The first kappa shape index (κ1) is 22.5. The molecule has 1 heterocycles. The molecule has 4 aromatic carbocycles. The Morgan fingerprint density at radius 3 is 2.29 bits per heavy atom. The summed E-state index contributed by atoms with van der Waals surface area (Å²) in [5, 5.41) is 6.16. The molecule has 5 nitrogen and oxygen atoms in total. The summed E-state index contributed by atoms with van der Waals surface area (Å²) in [6.45, 7) is 6.95. The molecule has 0 spiro atoms. The molecule has 35 heavy (non-hydrogen) atoms. The molecule has 0 bridgehead atoms. The zero-order valence-corrected chi connectivity index (χ0v) is 20.1. The molecule has 0 unspecified atom stereocenters. The normalized spacial score (nSPS) is 13.1. The van der Waals surface area contributed by atoms with Gasteiger partial charge < -0.3 is 4.90 Å². The zero-order chi connectivity index (χ0) is 24.6. The number of nitrogens with one attached hydrogen (secondary N) is 1. The van der Waals surface area contributed by atoms with Crippen molar-refractivity contribution in [1.82, 2.24) is 5.43 Å². The number of hydrazone groups is 1. The van der Waals surface area contributed by atoms with E-state index in [-0.39, 0.29) is 17.2 Å². The molecule has 5 rings (SSSR count). The van der Waals surface area contributed by atoms with E-state index in [1.165, 1.54) is 5.56 Å². The van der Waals surface area contributed by atoms with E-state index in [1.54, 1.807) is 23.2 Å². The molecule has 0 aliphatic carbocycles. The largest absolute Gasteiger partial charge is 0.303 e. The van der Waals surface area contributed by atoms with E-state index in [9.17, 15) is 9.59 Å². The predicted molar refractivity (Wildman–Crippen MR) is 141 cm³/mol. The molecule has 5 heteroatoms. The predicted octanol–water partition coefficient (Wildman–Crippen LogP) is 6.06. The number of hydrogen-bond donors (Lipinski definition) is 1. The molecule has 0 aromatic heterocycles. The second-order valence-electron chi connectivity index (χ2n) is 9.84. The van der Waals surface area contributed by atoms with Crippen molar-refractivity contribution in [2.24, 2.45) is 5.10 Å². The number of anilines is 1.